The van der Waals surface area contributed by atoms with Gasteiger partial charge in [-0.1, -0.05) is 0 Å². The van der Waals surface area contributed by atoms with Crippen LogP contribution in [0, 0.1) is 0 Å². The van der Waals surface area contributed by atoms with Crippen molar-refractivity contribution in [1.29, 1.82) is 0 Å². The molecule has 0 saturated heterocycles. The lowest BCUT2D eigenvalue weighted by Crippen LogP contribution is -2.10. The minimum atomic E-state index is -2.08. The molecule has 0 saturated carbocycles. The Balaban J connectivity index is 3.20. The molecule has 0 radical (unpaired) electrons. The smallest absolute Gasteiger partial charge is 0.426 e. The fourth-order valence-corrected chi connectivity index (χ4v) is 0.180. The molecular formula is C4H4F2O4. The maximum Gasteiger partial charge on any atom is 0.498 e. The summed E-state index contributed by atoms with van der Waals surface area (Å²) in [6, 6.07) is 0. The molecule has 0 atom stereocenters. The predicted octanol–water partition coefficient (Wildman–Crippen LogP) is 0.563. The Morgan fingerprint density at radius 1 is 1.30 bits per heavy atom. The van der Waals surface area contributed by atoms with E-state index in [-0.39, 0.29) is 0 Å². The highest BCUT2D eigenvalue weighted by Crippen LogP contribution is 1.84. The normalized spacial score (nSPS) is 8.60. The Morgan fingerprint density at radius 2 is 1.90 bits per heavy atom. The van der Waals surface area contributed by atoms with E-state index >= 15 is 0 Å². The summed E-state index contributed by atoms with van der Waals surface area (Å²) in [6.07, 6.45) is -2.08. The average Bonchev–Trinajstić information content (AvgIpc) is 1.87. The zero-order valence-corrected chi connectivity index (χ0v) is 4.80. The minimum Gasteiger partial charge on any atom is -0.426 e. The van der Waals surface area contributed by atoms with Crippen LogP contribution in [0.2, 0.25) is 0 Å². The summed E-state index contributed by atoms with van der Waals surface area (Å²) < 4.78 is 29.6. The van der Waals surface area contributed by atoms with Crippen LogP contribution < -0.4 is 0 Å². The molecule has 0 spiro atoms. The molecule has 0 N–H and O–H groups in total. The highest BCUT2D eigenvalue weighted by molar-refractivity contribution is 5.70. The van der Waals surface area contributed by atoms with Gasteiger partial charge in [-0.2, -0.15) is 0 Å². The molecule has 0 aromatic rings. The van der Waals surface area contributed by atoms with Crippen LogP contribution in [0.5, 0.6) is 0 Å². The maximum atomic E-state index is 11.2. The van der Waals surface area contributed by atoms with Crippen molar-refractivity contribution in [2.45, 2.75) is 0 Å². The van der Waals surface area contributed by atoms with Crippen LogP contribution in [-0.2, 0) is 14.3 Å². The van der Waals surface area contributed by atoms with Gasteiger partial charge in [0, 0.05) is 0 Å². The lowest BCUT2D eigenvalue weighted by Gasteiger charge is -1.98. The molecule has 0 bridgehead atoms. The van der Waals surface area contributed by atoms with Gasteiger partial charge in [-0.3, -0.25) is 0 Å². The van der Waals surface area contributed by atoms with Crippen LogP contribution >= 0.6 is 0 Å². The highest BCUT2D eigenvalue weighted by atomic mass is 19.1. The molecule has 0 rings (SSSR count). The third kappa shape index (κ3) is 4.95. The van der Waals surface area contributed by atoms with Crippen LogP contribution in [0.25, 0.3) is 0 Å². The molecule has 0 aliphatic heterocycles. The first-order valence-electron chi connectivity index (χ1n) is 2.20. The van der Waals surface area contributed by atoms with E-state index in [1.165, 1.54) is 0 Å². The van der Waals surface area contributed by atoms with Crippen molar-refractivity contribution in [3.8, 4) is 0 Å². The van der Waals surface area contributed by atoms with Crippen molar-refractivity contribution >= 4 is 12.2 Å². The van der Waals surface area contributed by atoms with E-state index < -0.39 is 25.7 Å². The molecule has 0 unspecified atom stereocenters. The van der Waals surface area contributed by atoms with Crippen molar-refractivity contribution in [1.82, 2.24) is 0 Å². The van der Waals surface area contributed by atoms with E-state index in [0.29, 0.717) is 0 Å². The number of carbonyl (C=O) groups excluding carboxylic acids is 2. The van der Waals surface area contributed by atoms with Gasteiger partial charge in [-0.05, 0) is 0 Å². The lowest BCUT2D eigenvalue weighted by molar-refractivity contribution is -0.153. The van der Waals surface area contributed by atoms with Crippen molar-refractivity contribution in [3.05, 3.63) is 0 Å². The molecular weight excluding hydrogens is 150 g/mol. The standard InChI is InChI=1S/C4H4F2O4/c5-1-3(7)9-2-10-4(6)8/h1-2H2. The zero-order chi connectivity index (χ0) is 7.98. The first kappa shape index (κ1) is 8.80. The monoisotopic (exact) mass is 154 g/mol. The van der Waals surface area contributed by atoms with Gasteiger partial charge >= 0.3 is 12.2 Å². The summed E-state index contributed by atoms with van der Waals surface area (Å²) >= 11 is 0. The second-order valence-electron chi connectivity index (χ2n) is 1.15. The number of hydrogen-bond donors (Lipinski definition) is 0. The van der Waals surface area contributed by atoms with E-state index in [1.807, 2.05) is 0 Å². The number of carbonyl (C=O) groups is 2. The summed E-state index contributed by atoms with van der Waals surface area (Å²) in [7, 11) is 0. The van der Waals surface area contributed by atoms with E-state index in [2.05, 4.69) is 9.47 Å². The summed E-state index contributed by atoms with van der Waals surface area (Å²) in [6.45, 7) is -2.22. The van der Waals surface area contributed by atoms with Crippen LogP contribution in [0.1, 0.15) is 0 Å². The molecule has 0 aromatic heterocycles. The zero-order valence-electron chi connectivity index (χ0n) is 4.80. The molecule has 0 amide bonds. The fourth-order valence-electron chi connectivity index (χ4n) is 0.180. The van der Waals surface area contributed by atoms with Crippen molar-refractivity contribution in [2.75, 3.05) is 13.5 Å². The number of rotatable bonds is 3. The van der Waals surface area contributed by atoms with Gasteiger partial charge < -0.3 is 9.47 Å². The Morgan fingerprint density at radius 3 is 2.30 bits per heavy atom. The number of ether oxygens (including phenoxy) is 2. The molecule has 0 aromatic carbocycles. The number of hydrogen-bond acceptors (Lipinski definition) is 4. The van der Waals surface area contributed by atoms with Crippen LogP contribution in [0.3, 0.4) is 0 Å². The third-order valence-electron chi connectivity index (χ3n) is 0.501. The fraction of sp³-hybridized carbons (Fsp3) is 0.500. The van der Waals surface area contributed by atoms with Crippen molar-refractivity contribution in [3.63, 3.8) is 0 Å². The Bertz CT molecular complexity index is 135. The topological polar surface area (TPSA) is 52.6 Å². The molecule has 0 fully saturated rings. The molecule has 6 heteroatoms. The van der Waals surface area contributed by atoms with E-state index in [9.17, 15) is 18.4 Å². The quantitative estimate of drug-likeness (QED) is 0.338. The summed E-state index contributed by atoms with van der Waals surface area (Å²) in [5.74, 6) is -1.21. The molecule has 0 heterocycles. The Labute approximate surface area is 54.7 Å². The highest BCUT2D eigenvalue weighted by Gasteiger charge is 2.02. The van der Waals surface area contributed by atoms with E-state index in [1.54, 1.807) is 0 Å². The first-order valence-corrected chi connectivity index (χ1v) is 2.20. The first-order chi connectivity index (χ1) is 4.66. The maximum absolute atomic E-state index is 11.2. The van der Waals surface area contributed by atoms with Gasteiger partial charge in [-0.15, -0.1) is 4.39 Å². The number of halogens is 2. The van der Waals surface area contributed by atoms with E-state index in [0.717, 1.165) is 0 Å². The lowest BCUT2D eigenvalue weighted by atomic mass is 10.8. The predicted molar refractivity (Wildman–Crippen MR) is 24.5 cm³/mol. The van der Waals surface area contributed by atoms with Crippen LogP contribution in [-0.4, -0.2) is 25.7 Å². The van der Waals surface area contributed by atoms with Gasteiger partial charge in [-0.25, -0.2) is 14.0 Å². The second-order valence-corrected chi connectivity index (χ2v) is 1.15. The van der Waals surface area contributed by atoms with Crippen molar-refractivity contribution in [2.24, 2.45) is 0 Å². The minimum absolute atomic E-state index is 0.891. The summed E-state index contributed by atoms with van der Waals surface area (Å²) in [4.78, 5) is 19.2. The van der Waals surface area contributed by atoms with Gasteiger partial charge in [0.15, 0.2) is 6.67 Å². The van der Waals surface area contributed by atoms with Gasteiger partial charge in [0.1, 0.15) is 0 Å². The van der Waals surface area contributed by atoms with Gasteiger partial charge in [0.2, 0.25) is 6.79 Å². The second kappa shape index (κ2) is 4.66. The van der Waals surface area contributed by atoms with Crippen molar-refractivity contribution < 1.29 is 27.8 Å². The number of alkyl halides is 1. The van der Waals surface area contributed by atoms with E-state index in [4.69, 9.17) is 0 Å². The van der Waals surface area contributed by atoms with Gasteiger partial charge in [0.25, 0.3) is 0 Å². The molecule has 10 heavy (non-hydrogen) atoms. The molecule has 4 nitrogen and oxygen atoms in total. The summed E-state index contributed by atoms with van der Waals surface area (Å²) in [5.41, 5.74) is 0. The Kier molecular flexibility index (Phi) is 4.10. The average molecular weight is 154 g/mol. The van der Waals surface area contributed by atoms with Crippen LogP contribution in [0.15, 0.2) is 0 Å². The van der Waals surface area contributed by atoms with Crippen LogP contribution in [0.4, 0.5) is 13.6 Å². The molecule has 0 aliphatic carbocycles. The third-order valence-corrected chi connectivity index (χ3v) is 0.501. The van der Waals surface area contributed by atoms with Gasteiger partial charge in [0.05, 0.1) is 0 Å². The summed E-state index contributed by atoms with van der Waals surface area (Å²) in [5, 5.41) is 0. The molecule has 0 aliphatic rings. The largest absolute Gasteiger partial charge is 0.498 e. The number of esters is 1. The Hall–Kier alpha value is -1.20. The SMILES string of the molecule is O=C(F)OCOC(=O)CF. The molecule has 58 valence electrons.